The van der Waals surface area contributed by atoms with Crippen LogP contribution in [0.5, 0.6) is 0 Å². The molecule has 0 aromatic heterocycles. The highest BCUT2D eigenvalue weighted by molar-refractivity contribution is 5.96. The Morgan fingerprint density at radius 3 is 2.40 bits per heavy atom. The number of alkyl halides is 3. The number of rotatable bonds is 7. The monoisotopic (exact) mass is 287 g/mol. The molecule has 0 radical (unpaired) electrons. The van der Waals surface area contributed by atoms with Crippen molar-refractivity contribution in [1.29, 1.82) is 0 Å². The summed E-state index contributed by atoms with van der Waals surface area (Å²) in [5, 5.41) is 2.20. The van der Waals surface area contributed by atoms with Crippen molar-refractivity contribution >= 4 is 5.78 Å². The summed E-state index contributed by atoms with van der Waals surface area (Å²) in [6.45, 7) is 3.26. The van der Waals surface area contributed by atoms with Gasteiger partial charge in [-0.3, -0.25) is 4.79 Å². The molecule has 0 aliphatic heterocycles. The van der Waals surface area contributed by atoms with Crippen molar-refractivity contribution in [3.05, 3.63) is 47.7 Å². The van der Waals surface area contributed by atoms with E-state index < -0.39 is 11.9 Å². The SMILES string of the molecule is C=C(NCc1ccc(C(=O)CCOC)cc1)C(F)(F)F. The van der Waals surface area contributed by atoms with E-state index in [9.17, 15) is 18.0 Å². The number of methoxy groups -OCH3 is 1. The Balaban J connectivity index is 2.55. The molecule has 6 heteroatoms. The Bertz CT molecular complexity index is 466. The zero-order valence-electron chi connectivity index (χ0n) is 11.1. The van der Waals surface area contributed by atoms with Gasteiger partial charge in [0.2, 0.25) is 0 Å². The molecule has 0 spiro atoms. The molecule has 0 saturated carbocycles. The third kappa shape index (κ3) is 5.05. The van der Waals surface area contributed by atoms with Crippen molar-refractivity contribution < 1.29 is 22.7 Å². The Kier molecular flexibility index (Phi) is 5.76. The molecule has 1 aromatic rings. The maximum Gasteiger partial charge on any atom is 0.430 e. The minimum atomic E-state index is -4.45. The van der Waals surface area contributed by atoms with Gasteiger partial charge in [-0.05, 0) is 5.56 Å². The largest absolute Gasteiger partial charge is 0.430 e. The first-order valence-electron chi connectivity index (χ1n) is 5.95. The molecule has 0 bridgehead atoms. The number of allylic oxidation sites excluding steroid dienone is 1. The zero-order chi connectivity index (χ0) is 15.2. The second-order valence-corrected chi connectivity index (χ2v) is 4.19. The molecule has 1 N–H and O–H groups in total. The number of carbonyl (C=O) groups is 1. The van der Waals surface area contributed by atoms with Crippen LogP contribution in [0.2, 0.25) is 0 Å². The quantitative estimate of drug-likeness (QED) is 0.783. The van der Waals surface area contributed by atoms with Crippen LogP contribution in [0.25, 0.3) is 0 Å². The Hall–Kier alpha value is -1.82. The predicted molar refractivity (Wildman–Crippen MR) is 69.3 cm³/mol. The van der Waals surface area contributed by atoms with Crippen molar-refractivity contribution in [2.45, 2.75) is 19.1 Å². The maximum absolute atomic E-state index is 12.2. The minimum absolute atomic E-state index is 0.00485. The number of nitrogens with one attached hydrogen (secondary N) is 1. The summed E-state index contributed by atoms with van der Waals surface area (Å²) in [4.78, 5) is 11.7. The lowest BCUT2D eigenvalue weighted by molar-refractivity contribution is -0.0964. The van der Waals surface area contributed by atoms with Crippen LogP contribution in [0, 0.1) is 0 Å². The lowest BCUT2D eigenvalue weighted by Crippen LogP contribution is -2.24. The van der Waals surface area contributed by atoms with E-state index in [1.54, 1.807) is 24.3 Å². The molecule has 20 heavy (non-hydrogen) atoms. The zero-order valence-corrected chi connectivity index (χ0v) is 11.1. The fraction of sp³-hybridized carbons (Fsp3) is 0.357. The first-order chi connectivity index (χ1) is 9.34. The molecule has 3 nitrogen and oxygen atoms in total. The number of ketones is 1. The van der Waals surface area contributed by atoms with Gasteiger partial charge in [-0.2, -0.15) is 13.2 Å². The molecule has 1 rings (SSSR count). The van der Waals surface area contributed by atoms with E-state index >= 15 is 0 Å². The molecule has 0 unspecified atom stereocenters. The molecule has 0 saturated heterocycles. The Labute approximate surface area is 115 Å². The van der Waals surface area contributed by atoms with E-state index in [1.165, 1.54) is 7.11 Å². The Morgan fingerprint density at radius 2 is 1.90 bits per heavy atom. The Morgan fingerprint density at radius 1 is 1.30 bits per heavy atom. The summed E-state index contributed by atoms with van der Waals surface area (Å²) in [5.41, 5.74) is 0.164. The van der Waals surface area contributed by atoms with Crippen molar-refractivity contribution in [2.75, 3.05) is 13.7 Å². The average Bonchev–Trinajstić information content (AvgIpc) is 2.41. The molecule has 110 valence electrons. The smallest absolute Gasteiger partial charge is 0.384 e. The number of carbonyl (C=O) groups excluding carboxylic acids is 1. The van der Waals surface area contributed by atoms with E-state index in [0.717, 1.165) is 0 Å². The summed E-state index contributed by atoms with van der Waals surface area (Å²) in [6, 6.07) is 6.39. The number of hydrogen-bond donors (Lipinski definition) is 1. The van der Waals surface area contributed by atoms with Gasteiger partial charge in [-0.25, -0.2) is 0 Å². The number of hydrogen-bond acceptors (Lipinski definition) is 3. The summed E-state index contributed by atoms with van der Waals surface area (Å²) in [6.07, 6.45) is -4.17. The first-order valence-corrected chi connectivity index (χ1v) is 5.95. The summed E-state index contributed by atoms with van der Waals surface area (Å²) in [5.74, 6) is -0.0638. The van der Waals surface area contributed by atoms with E-state index in [2.05, 4.69) is 11.9 Å². The fourth-order valence-electron chi connectivity index (χ4n) is 1.46. The third-order valence-corrected chi connectivity index (χ3v) is 2.66. The van der Waals surface area contributed by atoms with Gasteiger partial charge in [-0.15, -0.1) is 0 Å². The van der Waals surface area contributed by atoms with Gasteiger partial charge in [0.1, 0.15) is 5.70 Å². The van der Waals surface area contributed by atoms with Crippen molar-refractivity contribution in [1.82, 2.24) is 5.32 Å². The highest BCUT2D eigenvalue weighted by Gasteiger charge is 2.31. The summed E-state index contributed by atoms with van der Waals surface area (Å²) < 4.78 is 41.5. The van der Waals surface area contributed by atoms with Gasteiger partial charge in [0.15, 0.2) is 5.78 Å². The van der Waals surface area contributed by atoms with E-state index in [4.69, 9.17) is 4.74 Å². The summed E-state index contributed by atoms with van der Waals surface area (Å²) >= 11 is 0. The lowest BCUT2D eigenvalue weighted by atomic mass is 10.1. The number of halogens is 3. The van der Waals surface area contributed by atoms with Gasteiger partial charge in [-0.1, -0.05) is 30.8 Å². The van der Waals surface area contributed by atoms with Gasteiger partial charge in [0.25, 0.3) is 0 Å². The van der Waals surface area contributed by atoms with Crippen LogP contribution in [0.1, 0.15) is 22.3 Å². The van der Waals surface area contributed by atoms with Crippen LogP contribution in [0.4, 0.5) is 13.2 Å². The molecule has 0 atom stereocenters. The number of benzene rings is 1. The highest BCUT2D eigenvalue weighted by Crippen LogP contribution is 2.22. The van der Waals surface area contributed by atoms with Crippen molar-refractivity contribution in [2.24, 2.45) is 0 Å². The van der Waals surface area contributed by atoms with Crippen LogP contribution in [-0.2, 0) is 11.3 Å². The second-order valence-electron chi connectivity index (χ2n) is 4.19. The average molecular weight is 287 g/mol. The molecule has 0 aliphatic carbocycles. The summed E-state index contributed by atoms with van der Waals surface area (Å²) in [7, 11) is 1.51. The van der Waals surface area contributed by atoms with E-state index in [1.807, 2.05) is 0 Å². The minimum Gasteiger partial charge on any atom is -0.384 e. The molecule has 0 heterocycles. The van der Waals surface area contributed by atoms with Crippen LogP contribution in [-0.4, -0.2) is 25.7 Å². The standard InChI is InChI=1S/C14H16F3NO2/c1-10(14(15,16)17)18-9-11-3-5-12(6-4-11)13(19)7-8-20-2/h3-6,18H,1,7-9H2,2H3. The molecular formula is C14H16F3NO2. The number of Topliss-reactive ketones (excluding diaryl/α,β-unsaturated/α-hetero) is 1. The molecule has 0 fully saturated rings. The third-order valence-electron chi connectivity index (χ3n) is 2.66. The van der Waals surface area contributed by atoms with Crippen molar-refractivity contribution in [3.8, 4) is 0 Å². The first kappa shape index (κ1) is 16.2. The number of ether oxygens (including phenoxy) is 1. The van der Waals surface area contributed by atoms with Gasteiger partial charge < -0.3 is 10.1 Å². The predicted octanol–water partition coefficient (Wildman–Crippen LogP) is 3.07. The van der Waals surface area contributed by atoms with Gasteiger partial charge in [0, 0.05) is 25.6 Å². The fourth-order valence-corrected chi connectivity index (χ4v) is 1.46. The van der Waals surface area contributed by atoms with E-state index in [-0.39, 0.29) is 18.7 Å². The molecule has 1 aromatic carbocycles. The van der Waals surface area contributed by atoms with Crippen LogP contribution in [0.3, 0.4) is 0 Å². The van der Waals surface area contributed by atoms with Crippen molar-refractivity contribution in [3.63, 3.8) is 0 Å². The molecule has 0 aliphatic rings. The van der Waals surface area contributed by atoms with Crippen LogP contribution < -0.4 is 5.32 Å². The highest BCUT2D eigenvalue weighted by atomic mass is 19.4. The second kappa shape index (κ2) is 7.09. The van der Waals surface area contributed by atoms with Crippen LogP contribution in [0.15, 0.2) is 36.5 Å². The van der Waals surface area contributed by atoms with E-state index in [0.29, 0.717) is 17.7 Å². The molecular weight excluding hydrogens is 271 g/mol. The van der Waals surface area contributed by atoms with Crippen LogP contribution >= 0.6 is 0 Å². The maximum atomic E-state index is 12.2. The van der Waals surface area contributed by atoms with Gasteiger partial charge >= 0.3 is 6.18 Å². The normalized spacial score (nSPS) is 11.2. The molecule has 0 amide bonds. The van der Waals surface area contributed by atoms with Gasteiger partial charge in [0.05, 0.1) is 6.61 Å². The topological polar surface area (TPSA) is 38.3 Å². The lowest BCUT2D eigenvalue weighted by Gasteiger charge is -2.12.